The van der Waals surface area contributed by atoms with E-state index in [1.54, 1.807) is 7.11 Å². The van der Waals surface area contributed by atoms with Gasteiger partial charge in [0.1, 0.15) is 5.75 Å². The van der Waals surface area contributed by atoms with E-state index in [2.05, 4.69) is 49.6 Å². The molecular weight excluding hydrogens is 224 g/mol. The number of aryl methyl sites for hydroxylation is 1. The van der Waals surface area contributed by atoms with Gasteiger partial charge in [-0.1, -0.05) is 26.0 Å². The van der Waals surface area contributed by atoms with Crippen molar-refractivity contribution >= 4 is 0 Å². The normalized spacial score (nSPS) is 10.9. The van der Waals surface area contributed by atoms with Crippen molar-refractivity contribution in [3.63, 3.8) is 0 Å². The quantitative estimate of drug-likeness (QED) is 0.695. The van der Waals surface area contributed by atoms with Crippen molar-refractivity contribution in [3.8, 4) is 5.75 Å². The van der Waals surface area contributed by atoms with Crippen LogP contribution in [-0.4, -0.2) is 26.7 Å². The number of benzene rings is 1. The van der Waals surface area contributed by atoms with Crippen LogP contribution in [0, 0.1) is 12.8 Å². The molecule has 0 amide bonds. The molecule has 102 valence electrons. The molecule has 0 bridgehead atoms. The maximum Gasteiger partial charge on any atom is 0.122 e. The summed E-state index contributed by atoms with van der Waals surface area (Å²) < 4.78 is 5.32. The Kier molecular flexibility index (Phi) is 6.76. The Morgan fingerprint density at radius 2 is 1.89 bits per heavy atom. The Balaban J connectivity index is 2.23. The number of nitrogens with one attached hydrogen (secondary N) is 2. The molecule has 0 aliphatic rings. The monoisotopic (exact) mass is 250 g/mol. The van der Waals surface area contributed by atoms with Crippen LogP contribution in [0.15, 0.2) is 18.2 Å². The van der Waals surface area contributed by atoms with Gasteiger partial charge in [-0.15, -0.1) is 0 Å². The number of hydrogen-bond donors (Lipinski definition) is 2. The summed E-state index contributed by atoms with van der Waals surface area (Å²) in [5, 5.41) is 6.84. The van der Waals surface area contributed by atoms with Gasteiger partial charge in [0.15, 0.2) is 0 Å². The topological polar surface area (TPSA) is 33.3 Å². The lowest BCUT2D eigenvalue weighted by Crippen LogP contribution is -2.29. The van der Waals surface area contributed by atoms with E-state index in [-0.39, 0.29) is 0 Å². The molecule has 18 heavy (non-hydrogen) atoms. The van der Waals surface area contributed by atoms with E-state index in [9.17, 15) is 0 Å². The van der Waals surface area contributed by atoms with Gasteiger partial charge in [0, 0.05) is 19.6 Å². The van der Waals surface area contributed by atoms with E-state index in [4.69, 9.17) is 4.74 Å². The van der Waals surface area contributed by atoms with Crippen molar-refractivity contribution < 1.29 is 4.74 Å². The van der Waals surface area contributed by atoms with Gasteiger partial charge in [0.25, 0.3) is 0 Å². The Hall–Kier alpha value is -1.06. The first-order chi connectivity index (χ1) is 8.63. The second-order valence-electron chi connectivity index (χ2n) is 5.08. The Labute approximate surface area is 111 Å². The summed E-state index contributed by atoms with van der Waals surface area (Å²) in [5.74, 6) is 1.68. The molecule has 0 spiro atoms. The van der Waals surface area contributed by atoms with Crippen LogP contribution < -0.4 is 15.4 Å². The van der Waals surface area contributed by atoms with Crippen molar-refractivity contribution in [3.05, 3.63) is 29.3 Å². The third kappa shape index (κ3) is 5.52. The highest BCUT2D eigenvalue weighted by Crippen LogP contribution is 2.18. The molecule has 0 atom stereocenters. The van der Waals surface area contributed by atoms with Crippen LogP contribution in [0.5, 0.6) is 5.75 Å². The third-order valence-corrected chi connectivity index (χ3v) is 2.83. The van der Waals surface area contributed by atoms with Crippen LogP contribution in [0.25, 0.3) is 0 Å². The zero-order valence-electron chi connectivity index (χ0n) is 12.0. The molecule has 0 saturated heterocycles. The van der Waals surface area contributed by atoms with Gasteiger partial charge >= 0.3 is 0 Å². The van der Waals surface area contributed by atoms with Gasteiger partial charge < -0.3 is 15.4 Å². The summed E-state index contributed by atoms with van der Waals surface area (Å²) in [7, 11) is 1.72. The highest BCUT2D eigenvalue weighted by Gasteiger charge is 2.00. The number of ether oxygens (including phenoxy) is 1. The minimum Gasteiger partial charge on any atom is -0.496 e. The van der Waals surface area contributed by atoms with Crippen LogP contribution in [0.4, 0.5) is 0 Å². The molecule has 1 rings (SSSR count). The zero-order valence-corrected chi connectivity index (χ0v) is 12.0. The van der Waals surface area contributed by atoms with E-state index >= 15 is 0 Å². The second kappa shape index (κ2) is 8.11. The highest BCUT2D eigenvalue weighted by atomic mass is 16.5. The van der Waals surface area contributed by atoms with Crippen LogP contribution in [-0.2, 0) is 6.54 Å². The molecule has 0 unspecified atom stereocenters. The van der Waals surface area contributed by atoms with Gasteiger partial charge in [-0.25, -0.2) is 0 Å². The van der Waals surface area contributed by atoms with Crippen molar-refractivity contribution in [1.29, 1.82) is 0 Å². The predicted molar refractivity (Wildman–Crippen MR) is 77.1 cm³/mol. The molecule has 0 heterocycles. The minimum atomic E-state index is 0.714. The minimum absolute atomic E-state index is 0.714. The Morgan fingerprint density at radius 3 is 2.56 bits per heavy atom. The molecule has 0 fully saturated rings. The molecule has 0 aliphatic carbocycles. The molecule has 3 nitrogen and oxygen atoms in total. The van der Waals surface area contributed by atoms with E-state index in [1.807, 2.05) is 0 Å². The fraction of sp³-hybridized carbons (Fsp3) is 0.600. The molecule has 0 aliphatic heterocycles. The SMILES string of the molecule is COc1cc(CNCCNCC(C)C)ccc1C. The van der Waals surface area contributed by atoms with Gasteiger partial charge in [-0.3, -0.25) is 0 Å². The van der Waals surface area contributed by atoms with Crippen molar-refractivity contribution in [2.24, 2.45) is 5.92 Å². The molecule has 1 aromatic rings. The average molecular weight is 250 g/mol. The first kappa shape index (κ1) is 15.0. The Bertz CT molecular complexity index is 350. The standard InChI is InChI=1S/C15H26N2O/c1-12(2)10-16-7-8-17-11-14-6-5-13(3)15(9-14)18-4/h5-6,9,12,16-17H,7-8,10-11H2,1-4H3. The molecule has 0 saturated carbocycles. The highest BCUT2D eigenvalue weighted by molar-refractivity contribution is 5.36. The maximum atomic E-state index is 5.32. The van der Waals surface area contributed by atoms with Gasteiger partial charge in [0.2, 0.25) is 0 Å². The average Bonchev–Trinajstić information content (AvgIpc) is 2.35. The number of rotatable bonds is 8. The maximum absolute atomic E-state index is 5.32. The predicted octanol–water partition coefficient (Wildman–Crippen LogP) is 2.34. The number of hydrogen-bond acceptors (Lipinski definition) is 3. The van der Waals surface area contributed by atoms with Gasteiger partial charge in [0.05, 0.1) is 7.11 Å². The van der Waals surface area contributed by atoms with Crippen LogP contribution >= 0.6 is 0 Å². The third-order valence-electron chi connectivity index (χ3n) is 2.83. The number of methoxy groups -OCH3 is 1. The summed E-state index contributed by atoms with van der Waals surface area (Å²) >= 11 is 0. The summed E-state index contributed by atoms with van der Waals surface area (Å²) in [5.41, 5.74) is 2.45. The van der Waals surface area contributed by atoms with Crippen molar-refractivity contribution in [1.82, 2.24) is 10.6 Å². The van der Waals surface area contributed by atoms with E-state index in [0.29, 0.717) is 5.92 Å². The molecule has 2 N–H and O–H groups in total. The molecular formula is C15H26N2O. The summed E-state index contributed by atoms with van der Waals surface area (Å²) in [4.78, 5) is 0. The summed E-state index contributed by atoms with van der Waals surface area (Å²) in [6.45, 7) is 10.5. The lowest BCUT2D eigenvalue weighted by molar-refractivity contribution is 0.411. The lowest BCUT2D eigenvalue weighted by Gasteiger charge is -2.10. The van der Waals surface area contributed by atoms with Gasteiger partial charge in [-0.2, -0.15) is 0 Å². The fourth-order valence-corrected chi connectivity index (χ4v) is 1.77. The van der Waals surface area contributed by atoms with Crippen molar-refractivity contribution in [2.45, 2.75) is 27.3 Å². The van der Waals surface area contributed by atoms with Gasteiger partial charge in [-0.05, 0) is 36.6 Å². The largest absolute Gasteiger partial charge is 0.496 e. The first-order valence-electron chi connectivity index (χ1n) is 6.68. The second-order valence-corrected chi connectivity index (χ2v) is 5.08. The summed E-state index contributed by atoms with van der Waals surface area (Å²) in [6, 6.07) is 6.35. The first-order valence-corrected chi connectivity index (χ1v) is 6.68. The fourth-order valence-electron chi connectivity index (χ4n) is 1.77. The van der Waals surface area contributed by atoms with Crippen LogP contribution in [0.2, 0.25) is 0 Å². The smallest absolute Gasteiger partial charge is 0.122 e. The Morgan fingerprint density at radius 1 is 1.17 bits per heavy atom. The summed E-state index contributed by atoms with van der Waals surface area (Å²) in [6.07, 6.45) is 0. The van der Waals surface area contributed by atoms with Crippen LogP contribution in [0.1, 0.15) is 25.0 Å². The zero-order chi connectivity index (χ0) is 13.4. The van der Waals surface area contributed by atoms with Crippen molar-refractivity contribution in [2.75, 3.05) is 26.7 Å². The van der Waals surface area contributed by atoms with Crippen LogP contribution in [0.3, 0.4) is 0 Å². The lowest BCUT2D eigenvalue weighted by atomic mass is 10.1. The molecule has 0 aromatic heterocycles. The molecule has 1 aromatic carbocycles. The molecule has 0 radical (unpaired) electrons. The van der Waals surface area contributed by atoms with E-state index in [0.717, 1.165) is 31.9 Å². The van der Waals surface area contributed by atoms with E-state index < -0.39 is 0 Å². The van der Waals surface area contributed by atoms with E-state index in [1.165, 1.54) is 11.1 Å². The molecule has 3 heteroatoms.